The van der Waals surface area contributed by atoms with Gasteiger partial charge in [-0.1, -0.05) is 12.1 Å². The third-order valence-corrected chi connectivity index (χ3v) is 4.26. The fourth-order valence-corrected chi connectivity index (χ4v) is 2.85. The quantitative estimate of drug-likeness (QED) is 0.764. The van der Waals surface area contributed by atoms with Gasteiger partial charge in [0.15, 0.2) is 17.3 Å². The zero-order valence-corrected chi connectivity index (χ0v) is 14.3. The summed E-state index contributed by atoms with van der Waals surface area (Å²) >= 11 is 0. The third-order valence-electron chi connectivity index (χ3n) is 4.26. The molecule has 0 atom stereocenters. The van der Waals surface area contributed by atoms with Crippen molar-refractivity contribution in [2.75, 3.05) is 13.3 Å². The molecule has 0 spiro atoms. The van der Waals surface area contributed by atoms with Gasteiger partial charge in [-0.2, -0.15) is 5.10 Å². The lowest BCUT2D eigenvalue weighted by atomic mass is 10.1. The molecule has 1 aliphatic heterocycles. The highest BCUT2D eigenvalue weighted by Gasteiger charge is 2.16. The molecule has 0 fully saturated rings. The normalized spacial score (nSPS) is 12.2. The molecule has 2 aromatic heterocycles. The maximum absolute atomic E-state index is 12.5. The molecule has 0 unspecified atom stereocenters. The lowest BCUT2D eigenvalue weighted by molar-refractivity contribution is 0.0953. The number of ether oxygens (including phenoxy) is 2. The standard InChI is InChI=1S/C19H18N4O3/c1-13-15(11-22-23(13)18-4-2-3-8-20-18)19(24)21-9-7-14-5-6-16-17(10-14)26-12-25-16/h2-6,8,10-11H,7,9,12H2,1H3,(H,21,24). The van der Waals surface area contributed by atoms with E-state index < -0.39 is 0 Å². The van der Waals surface area contributed by atoms with E-state index in [0.29, 0.717) is 24.3 Å². The summed E-state index contributed by atoms with van der Waals surface area (Å²) < 4.78 is 12.3. The fourth-order valence-electron chi connectivity index (χ4n) is 2.85. The number of carbonyl (C=O) groups excluding carboxylic acids is 1. The van der Waals surface area contributed by atoms with E-state index in [4.69, 9.17) is 9.47 Å². The Hall–Kier alpha value is -3.35. The molecule has 132 valence electrons. The number of hydrogen-bond acceptors (Lipinski definition) is 5. The van der Waals surface area contributed by atoms with E-state index in [-0.39, 0.29) is 12.7 Å². The van der Waals surface area contributed by atoms with E-state index in [1.165, 1.54) is 0 Å². The lowest BCUT2D eigenvalue weighted by Crippen LogP contribution is -2.26. The molecule has 3 heterocycles. The third kappa shape index (κ3) is 3.11. The second-order valence-corrected chi connectivity index (χ2v) is 5.94. The SMILES string of the molecule is Cc1c(C(=O)NCCc2ccc3c(c2)OCO3)cnn1-c1ccccn1. The Morgan fingerprint density at radius 3 is 2.96 bits per heavy atom. The van der Waals surface area contributed by atoms with Crippen molar-refractivity contribution in [2.24, 2.45) is 0 Å². The van der Waals surface area contributed by atoms with E-state index in [1.54, 1.807) is 17.1 Å². The summed E-state index contributed by atoms with van der Waals surface area (Å²) in [5, 5.41) is 7.21. The maximum atomic E-state index is 12.5. The van der Waals surface area contributed by atoms with Gasteiger partial charge in [-0.25, -0.2) is 9.67 Å². The van der Waals surface area contributed by atoms with Crippen LogP contribution in [0.25, 0.3) is 5.82 Å². The minimum Gasteiger partial charge on any atom is -0.454 e. The topological polar surface area (TPSA) is 78.3 Å². The average molecular weight is 350 g/mol. The second-order valence-electron chi connectivity index (χ2n) is 5.94. The highest BCUT2D eigenvalue weighted by molar-refractivity contribution is 5.95. The van der Waals surface area contributed by atoms with Crippen LogP contribution in [0.1, 0.15) is 21.6 Å². The smallest absolute Gasteiger partial charge is 0.254 e. The van der Waals surface area contributed by atoms with Crippen LogP contribution in [0.5, 0.6) is 11.5 Å². The second kappa shape index (κ2) is 6.87. The number of carbonyl (C=O) groups is 1. The highest BCUT2D eigenvalue weighted by atomic mass is 16.7. The number of amides is 1. The van der Waals surface area contributed by atoms with Crippen LogP contribution in [0.4, 0.5) is 0 Å². The van der Waals surface area contributed by atoms with Crippen LogP contribution in [0.3, 0.4) is 0 Å². The fraction of sp³-hybridized carbons (Fsp3) is 0.211. The van der Waals surface area contributed by atoms with E-state index in [0.717, 1.165) is 22.8 Å². The van der Waals surface area contributed by atoms with Crippen molar-refractivity contribution < 1.29 is 14.3 Å². The number of pyridine rings is 1. The summed E-state index contributed by atoms with van der Waals surface area (Å²) in [7, 11) is 0. The monoisotopic (exact) mass is 350 g/mol. The first-order chi connectivity index (χ1) is 12.7. The van der Waals surface area contributed by atoms with Crippen molar-refractivity contribution in [1.82, 2.24) is 20.1 Å². The van der Waals surface area contributed by atoms with E-state index in [2.05, 4.69) is 15.4 Å². The Labute approximate surface area is 150 Å². The van der Waals surface area contributed by atoms with Crippen molar-refractivity contribution in [3.63, 3.8) is 0 Å². The highest BCUT2D eigenvalue weighted by Crippen LogP contribution is 2.32. The molecule has 26 heavy (non-hydrogen) atoms. The van der Waals surface area contributed by atoms with Gasteiger partial charge in [0.25, 0.3) is 5.91 Å². The molecule has 1 aliphatic rings. The first kappa shape index (κ1) is 16.1. The van der Waals surface area contributed by atoms with Gasteiger partial charge in [0, 0.05) is 12.7 Å². The summed E-state index contributed by atoms with van der Waals surface area (Å²) in [5.41, 5.74) is 2.38. The predicted octanol–water partition coefficient (Wildman–Crippen LogP) is 2.28. The van der Waals surface area contributed by atoms with Crippen LogP contribution in [0.15, 0.2) is 48.8 Å². The molecule has 0 saturated heterocycles. The zero-order chi connectivity index (χ0) is 17.9. The lowest BCUT2D eigenvalue weighted by Gasteiger charge is -2.07. The molecule has 0 saturated carbocycles. The van der Waals surface area contributed by atoms with Gasteiger partial charge >= 0.3 is 0 Å². The summed E-state index contributed by atoms with van der Waals surface area (Å²) in [5.74, 6) is 2.05. The van der Waals surface area contributed by atoms with Crippen LogP contribution in [0.2, 0.25) is 0 Å². The minimum absolute atomic E-state index is 0.148. The molecule has 4 rings (SSSR count). The Kier molecular flexibility index (Phi) is 4.27. The van der Waals surface area contributed by atoms with Gasteiger partial charge in [-0.3, -0.25) is 4.79 Å². The van der Waals surface area contributed by atoms with Crippen LogP contribution in [-0.2, 0) is 6.42 Å². The number of rotatable bonds is 5. The van der Waals surface area contributed by atoms with E-state index in [9.17, 15) is 4.79 Å². The zero-order valence-electron chi connectivity index (χ0n) is 14.3. The van der Waals surface area contributed by atoms with Crippen molar-refractivity contribution in [3.8, 4) is 17.3 Å². The number of nitrogens with zero attached hydrogens (tertiary/aromatic N) is 3. The Bertz CT molecular complexity index is 937. The summed E-state index contributed by atoms with van der Waals surface area (Å²) in [6.07, 6.45) is 3.97. The summed E-state index contributed by atoms with van der Waals surface area (Å²) in [6.45, 7) is 2.64. The van der Waals surface area contributed by atoms with Crippen molar-refractivity contribution in [1.29, 1.82) is 0 Å². The van der Waals surface area contributed by atoms with Gasteiger partial charge in [0.1, 0.15) is 0 Å². The van der Waals surface area contributed by atoms with Crippen LogP contribution in [0, 0.1) is 6.92 Å². The summed E-state index contributed by atoms with van der Waals surface area (Å²) in [6, 6.07) is 11.4. The van der Waals surface area contributed by atoms with Gasteiger partial charge < -0.3 is 14.8 Å². The number of fused-ring (bicyclic) bond motifs is 1. The number of hydrogen-bond donors (Lipinski definition) is 1. The minimum atomic E-state index is -0.148. The van der Waals surface area contributed by atoms with Crippen molar-refractivity contribution >= 4 is 5.91 Å². The molecule has 7 nitrogen and oxygen atoms in total. The Morgan fingerprint density at radius 1 is 1.23 bits per heavy atom. The number of nitrogens with one attached hydrogen (secondary N) is 1. The first-order valence-corrected chi connectivity index (χ1v) is 8.35. The van der Waals surface area contributed by atoms with Crippen LogP contribution >= 0.6 is 0 Å². The van der Waals surface area contributed by atoms with E-state index in [1.807, 2.05) is 43.3 Å². The van der Waals surface area contributed by atoms with Gasteiger partial charge in [0.2, 0.25) is 6.79 Å². The maximum Gasteiger partial charge on any atom is 0.254 e. The van der Waals surface area contributed by atoms with Gasteiger partial charge in [-0.05, 0) is 43.2 Å². The summed E-state index contributed by atoms with van der Waals surface area (Å²) in [4.78, 5) is 16.7. The van der Waals surface area contributed by atoms with E-state index >= 15 is 0 Å². The molecule has 0 radical (unpaired) electrons. The molecule has 1 amide bonds. The Morgan fingerprint density at radius 2 is 2.12 bits per heavy atom. The molecular weight excluding hydrogens is 332 g/mol. The van der Waals surface area contributed by atoms with Gasteiger partial charge in [0.05, 0.1) is 17.5 Å². The molecule has 1 aromatic carbocycles. The average Bonchev–Trinajstić information content (AvgIpc) is 3.28. The molecule has 7 heteroatoms. The largest absolute Gasteiger partial charge is 0.454 e. The number of aromatic nitrogens is 3. The van der Waals surface area contributed by atoms with Crippen molar-refractivity contribution in [2.45, 2.75) is 13.3 Å². The van der Waals surface area contributed by atoms with Crippen molar-refractivity contribution in [3.05, 3.63) is 65.6 Å². The first-order valence-electron chi connectivity index (χ1n) is 8.35. The molecule has 3 aromatic rings. The molecule has 1 N–H and O–H groups in total. The number of benzene rings is 1. The Balaban J connectivity index is 1.39. The van der Waals surface area contributed by atoms with Gasteiger partial charge in [-0.15, -0.1) is 0 Å². The van der Waals surface area contributed by atoms with Crippen LogP contribution in [-0.4, -0.2) is 34.0 Å². The van der Waals surface area contributed by atoms with Crippen LogP contribution < -0.4 is 14.8 Å². The molecule has 0 bridgehead atoms. The predicted molar refractivity (Wildman–Crippen MR) is 94.7 cm³/mol. The molecular formula is C19H18N4O3. The molecule has 0 aliphatic carbocycles.